The molecule has 0 bridgehead atoms. The van der Waals surface area contributed by atoms with E-state index in [1.54, 1.807) is 44.7 Å². The van der Waals surface area contributed by atoms with Crippen LogP contribution in [0.3, 0.4) is 0 Å². The van der Waals surface area contributed by atoms with E-state index in [2.05, 4.69) is 10.6 Å². The van der Waals surface area contributed by atoms with Crippen LogP contribution in [0.2, 0.25) is 0 Å². The number of thiocarbonyl (C=S) groups is 1. The zero-order valence-corrected chi connectivity index (χ0v) is 24.1. The summed E-state index contributed by atoms with van der Waals surface area (Å²) in [5.41, 5.74) is 1.16. The van der Waals surface area contributed by atoms with Crippen molar-refractivity contribution in [3.63, 3.8) is 0 Å². The van der Waals surface area contributed by atoms with Gasteiger partial charge in [0.2, 0.25) is 5.91 Å². The molecule has 0 aromatic heterocycles. The van der Waals surface area contributed by atoms with Gasteiger partial charge in [0.15, 0.2) is 11.4 Å². The third kappa shape index (κ3) is 8.77. The fourth-order valence-electron chi connectivity index (χ4n) is 4.42. The van der Waals surface area contributed by atoms with Crippen LogP contribution < -0.4 is 20.3 Å². The van der Waals surface area contributed by atoms with Crippen molar-refractivity contribution in [3.8, 4) is 5.75 Å². The van der Waals surface area contributed by atoms with E-state index in [9.17, 15) is 14.4 Å². The first kappa shape index (κ1) is 30.6. The van der Waals surface area contributed by atoms with Crippen molar-refractivity contribution in [2.24, 2.45) is 5.92 Å². The van der Waals surface area contributed by atoms with Gasteiger partial charge in [-0.1, -0.05) is 0 Å². The summed E-state index contributed by atoms with van der Waals surface area (Å²) in [5.74, 6) is -1.51. The summed E-state index contributed by atoms with van der Waals surface area (Å²) in [6.45, 7) is 8.30. The number of alkyl carbamates (subject to hydrolysis) is 1. The van der Waals surface area contributed by atoms with E-state index in [0.29, 0.717) is 30.2 Å². The molecule has 0 radical (unpaired) electrons. The van der Waals surface area contributed by atoms with Crippen molar-refractivity contribution in [1.29, 1.82) is 0 Å². The summed E-state index contributed by atoms with van der Waals surface area (Å²) >= 11 is 5.25. The van der Waals surface area contributed by atoms with Gasteiger partial charge in [0.05, 0.1) is 31.7 Å². The van der Waals surface area contributed by atoms with Crippen LogP contribution in [0.15, 0.2) is 12.1 Å². The number of nitrogens with one attached hydrogen (secondary N) is 2. The Balaban J connectivity index is 1.88. The Morgan fingerprint density at radius 3 is 2.62 bits per heavy atom. The number of fused-ring (bicyclic) bond motifs is 1. The Bertz CT molecular complexity index is 1050. The van der Waals surface area contributed by atoms with Crippen LogP contribution in [-0.4, -0.2) is 68.4 Å². The topological polar surface area (TPSA) is 125 Å². The highest BCUT2D eigenvalue weighted by Crippen LogP contribution is 2.38. The van der Waals surface area contributed by atoms with E-state index in [4.69, 9.17) is 35.9 Å². The summed E-state index contributed by atoms with van der Waals surface area (Å²) in [6.07, 6.45) is 2.53. The lowest BCUT2D eigenvalue weighted by molar-refractivity contribution is -0.164. The lowest BCUT2D eigenvalue weighted by atomic mass is 9.99. The first-order valence-corrected chi connectivity index (χ1v) is 13.7. The third-order valence-electron chi connectivity index (χ3n) is 6.15. The standard InChI is InChI=1S/C27H39N3O8S/c1-6-35-26(33)29-25(39)28-19-15-17-10-11-18(24(32)38-27(2,3)4)23(31)30(20(17)16-21(19)34-5)12-14-37-22-9-7-8-13-36-22/h15-16,18,22H,6-14H2,1-5H3,(H2,28,29,33,39). The van der Waals surface area contributed by atoms with Crippen molar-refractivity contribution in [1.82, 2.24) is 5.32 Å². The SMILES string of the molecule is CCOC(=O)NC(=S)Nc1cc2c(cc1OC)N(CCOC1CCCCO1)C(=O)C(C(=O)OC(C)(C)C)CC2. The van der Waals surface area contributed by atoms with E-state index in [1.165, 1.54) is 7.11 Å². The highest BCUT2D eigenvalue weighted by Gasteiger charge is 2.38. The smallest absolute Gasteiger partial charge is 0.413 e. The molecule has 11 nitrogen and oxygen atoms in total. The number of nitrogens with zero attached hydrogens (tertiary/aromatic N) is 1. The Labute approximate surface area is 234 Å². The van der Waals surface area contributed by atoms with E-state index in [-0.39, 0.29) is 43.5 Å². The maximum Gasteiger partial charge on any atom is 0.413 e. The molecule has 0 spiro atoms. The van der Waals surface area contributed by atoms with E-state index < -0.39 is 23.6 Å². The van der Waals surface area contributed by atoms with Gasteiger partial charge in [-0.2, -0.15) is 0 Å². The van der Waals surface area contributed by atoms with Gasteiger partial charge in [-0.15, -0.1) is 0 Å². The Morgan fingerprint density at radius 1 is 1.21 bits per heavy atom. The first-order chi connectivity index (χ1) is 18.5. The van der Waals surface area contributed by atoms with Gasteiger partial charge in [0.1, 0.15) is 17.3 Å². The van der Waals surface area contributed by atoms with Crippen LogP contribution in [0, 0.1) is 5.92 Å². The number of amides is 2. The molecular formula is C27H39N3O8S. The van der Waals surface area contributed by atoms with Gasteiger partial charge in [0.25, 0.3) is 0 Å². The number of anilines is 2. The van der Waals surface area contributed by atoms with E-state index in [0.717, 1.165) is 24.8 Å². The molecule has 39 heavy (non-hydrogen) atoms. The normalized spacial score (nSPS) is 19.4. The number of hydrogen-bond acceptors (Lipinski definition) is 9. The number of carbonyl (C=O) groups excluding carboxylic acids is 3. The molecule has 2 atom stereocenters. The highest BCUT2D eigenvalue weighted by atomic mass is 32.1. The maximum absolute atomic E-state index is 13.8. The molecule has 12 heteroatoms. The fraction of sp³-hybridized carbons (Fsp3) is 0.630. The van der Waals surface area contributed by atoms with Gasteiger partial charge in [-0.3, -0.25) is 14.9 Å². The maximum atomic E-state index is 13.8. The molecule has 2 heterocycles. The quantitative estimate of drug-likeness (QED) is 0.272. The number of ether oxygens (including phenoxy) is 5. The summed E-state index contributed by atoms with van der Waals surface area (Å²) < 4.78 is 27.6. The lowest BCUT2D eigenvalue weighted by Crippen LogP contribution is -2.43. The fourth-order valence-corrected chi connectivity index (χ4v) is 4.61. The van der Waals surface area contributed by atoms with Crippen LogP contribution in [0.4, 0.5) is 16.2 Å². The molecule has 1 aromatic rings. The molecule has 2 aliphatic heterocycles. The molecule has 1 aromatic carbocycles. The number of carbonyl (C=O) groups is 3. The van der Waals surface area contributed by atoms with Crippen LogP contribution in [-0.2, 0) is 35.0 Å². The first-order valence-electron chi connectivity index (χ1n) is 13.3. The predicted molar refractivity (Wildman–Crippen MR) is 149 cm³/mol. The van der Waals surface area contributed by atoms with E-state index >= 15 is 0 Å². The number of aryl methyl sites for hydroxylation is 1. The third-order valence-corrected chi connectivity index (χ3v) is 6.35. The molecule has 2 aliphatic rings. The highest BCUT2D eigenvalue weighted by molar-refractivity contribution is 7.80. The van der Waals surface area contributed by atoms with Crippen LogP contribution in [0.1, 0.15) is 58.9 Å². The molecule has 216 valence electrons. The number of esters is 1. The Kier molecular flexibility index (Phi) is 10.9. The molecule has 0 aliphatic carbocycles. The Hall–Kier alpha value is -2.96. The van der Waals surface area contributed by atoms with Crippen LogP contribution in [0.25, 0.3) is 0 Å². The number of methoxy groups -OCH3 is 1. The number of hydrogen-bond donors (Lipinski definition) is 2. The molecule has 2 N–H and O–H groups in total. The van der Waals surface area contributed by atoms with Gasteiger partial charge in [-0.05, 0) is 83.6 Å². The van der Waals surface area contributed by atoms with Gasteiger partial charge < -0.3 is 33.9 Å². The summed E-state index contributed by atoms with van der Waals surface area (Å²) in [4.78, 5) is 40.1. The van der Waals surface area contributed by atoms with Gasteiger partial charge >= 0.3 is 12.1 Å². The molecule has 2 amide bonds. The molecular weight excluding hydrogens is 526 g/mol. The van der Waals surface area contributed by atoms with Gasteiger partial charge in [0, 0.05) is 19.2 Å². The lowest BCUT2D eigenvalue weighted by Gasteiger charge is -2.29. The van der Waals surface area contributed by atoms with Crippen molar-refractivity contribution in [2.45, 2.75) is 71.7 Å². The predicted octanol–water partition coefficient (Wildman–Crippen LogP) is 3.92. The minimum Gasteiger partial charge on any atom is -0.494 e. The van der Waals surface area contributed by atoms with E-state index in [1.807, 2.05) is 0 Å². The van der Waals surface area contributed by atoms with Gasteiger partial charge in [-0.25, -0.2) is 4.79 Å². The van der Waals surface area contributed by atoms with Crippen molar-refractivity contribution in [3.05, 3.63) is 17.7 Å². The number of benzene rings is 1. The molecule has 1 saturated heterocycles. The second-order valence-electron chi connectivity index (χ2n) is 10.3. The molecule has 2 unspecified atom stereocenters. The average molecular weight is 566 g/mol. The molecule has 1 fully saturated rings. The van der Waals surface area contributed by atoms with Crippen molar-refractivity contribution < 1.29 is 38.1 Å². The zero-order chi connectivity index (χ0) is 28.6. The zero-order valence-electron chi connectivity index (χ0n) is 23.3. The molecule has 0 saturated carbocycles. The van der Waals surface area contributed by atoms with Crippen LogP contribution >= 0.6 is 12.2 Å². The second-order valence-corrected chi connectivity index (χ2v) is 10.7. The molecule has 3 rings (SSSR count). The minimum absolute atomic E-state index is 0.0285. The average Bonchev–Trinajstić information content (AvgIpc) is 2.99. The Morgan fingerprint density at radius 2 is 1.97 bits per heavy atom. The summed E-state index contributed by atoms with van der Waals surface area (Å²) in [6, 6.07) is 3.52. The minimum atomic E-state index is -0.975. The monoisotopic (exact) mass is 565 g/mol. The van der Waals surface area contributed by atoms with Crippen molar-refractivity contribution >= 4 is 46.7 Å². The largest absolute Gasteiger partial charge is 0.494 e. The second kappa shape index (κ2) is 13.9. The van der Waals surface area contributed by atoms with Crippen molar-refractivity contribution in [2.75, 3.05) is 43.7 Å². The van der Waals surface area contributed by atoms with Crippen LogP contribution in [0.5, 0.6) is 5.75 Å². The summed E-state index contributed by atoms with van der Waals surface area (Å²) in [5, 5.41) is 5.43. The summed E-state index contributed by atoms with van der Waals surface area (Å²) in [7, 11) is 1.49. The number of rotatable bonds is 8.